The Bertz CT molecular complexity index is 755. The van der Waals surface area contributed by atoms with Crippen molar-refractivity contribution in [3.63, 3.8) is 0 Å². The summed E-state index contributed by atoms with van der Waals surface area (Å²) in [6.45, 7) is 10.0. The minimum atomic E-state index is -0.817. The van der Waals surface area contributed by atoms with Crippen molar-refractivity contribution in [3.8, 4) is 0 Å². The Morgan fingerprint density at radius 2 is 2.00 bits per heavy atom. The van der Waals surface area contributed by atoms with Crippen LogP contribution in [0.15, 0.2) is 17.2 Å². The largest absolute Gasteiger partial charge is 0.387 e. The first-order valence-electron chi connectivity index (χ1n) is 11.0. The fourth-order valence-corrected chi connectivity index (χ4v) is 4.58. The number of carbonyl (C=O) groups excluding carboxylic acids is 1. The molecule has 2 aliphatic rings. The summed E-state index contributed by atoms with van der Waals surface area (Å²) in [6.07, 6.45) is 6.37. The Labute approximate surface area is 173 Å². The molecule has 0 spiro atoms. The summed E-state index contributed by atoms with van der Waals surface area (Å²) in [5.74, 6) is 0.758. The van der Waals surface area contributed by atoms with Crippen LogP contribution in [0, 0.1) is 5.92 Å². The number of likely N-dealkylation sites (tertiary alicyclic amines) is 2. The summed E-state index contributed by atoms with van der Waals surface area (Å²) >= 11 is 0. The molecule has 0 radical (unpaired) electrons. The van der Waals surface area contributed by atoms with E-state index in [1.54, 1.807) is 28.8 Å². The van der Waals surface area contributed by atoms with Crippen LogP contribution >= 0.6 is 0 Å². The van der Waals surface area contributed by atoms with E-state index in [0.717, 1.165) is 57.4 Å². The van der Waals surface area contributed by atoms with Gasteiger partial charge in [-0.3, -0.25) is 14.2 Å². The molecule has 29 heavy (non-hydrogen) atoms. The molecule has 2 fully saturated rings. The van der Waals surface area contributed by atoms with E-state index in [1.807, 2.05) is 13.8 Å². The zero-order valence-electron chi connectivity index (χ0n) is 18.1. The van der Waals surface area contributed by atoms with Crippen molar-refractivity contribution in [2.75, 3.05) is 32.7 Å². The van der Waals surface area contributed by atoms with E-state index in [-0.39, 0.29) is 17.4 Å². The fourth-order valence-electron chi connectivity index (χ4n) is 4.58. The third kappa shape index (κ3) is 5.89. The maximum absolute atomic E-state index is 12.4. The zero-order chi connectivity index (χ0) is 21.0. The third-order valence-corrected chi connectivity index (χ3v) is 6.42. The standard InChI is InChI=1S/C22H36N4O3/c1-17(2)20-12-21(28)26(16-23-20)13-19-6-10-24(11-7-19)14-22(29)8-4-5-9-25(15-22)18(3)27/h12,16-17,19,29H,4-11,13-15H2,1-3H3. The first kappa shape index (κ1) is 22.0. The van der Waals surface area contributed by atoms with Gasteiger partial charge >= 0.3 is 0 Å². The van der Waals surface area contributed by atoms with Gasteiger partial charge in [-0.2, -0.15) is 0 Å². The van der Waals surface area contributed by atoms with Crippen LogP contribution in [0.5, 0.6) is 0 Å². The predicted octanol–water partition coefficient (Wildman–Crippen LogP) is 1.84. The molecule has 1 aromatic rings. The average molecular weight is 405 g/mol. The number of hydrogen-bond donors (Lipinski definition) is 1. The molecule has 1 aromatic heterocycles. The number of carbonyl (C=O) groups is 1. The van der Waals surface area contributed by atoms with Gasteiger partial charge < -0.3 is 14.9 Å². The van der Waals surface area contributed by atoms with Crippen LogP contribution in [0.4, 0.5) is 0 Å². The van der Waals surface area contributed by atoms with Gasteiger partial charge in [0.25, 0.3) is 5.56 Å². The lowest BCUT2D eigenvalue weighted by Crippen LogP contribution is -2.52. The van der Waals surface area contributed by atoms with Gasteiger partial charge in [-0.05, 0) is 57.0 Å². The second-order valence-corrected chi connectivity index (χ2v) is 9.30. The van der Waals surface area contributed by atoms with Crippen molar-refractivity contribution in [1.82, 2.24) is 19.4 Å². The monoisotopic (exact) mass is 404 g/mol. The van der Waals surface area contributed by atoms with Crippen LogP contribution in [0.3, 0.4) is 0 Å². The molecule has 0 aliphatic carbocycles. The van der Waals surface area contributed by atoms with Crippen molar-refractivity contribution in [2.24, 2.45) is 5.92 Å². The van der Waals surface area contributed by atoms with Crippen molar-refractivity contribution < 1.29 is 9.90 Å². The lowest BCUT2D eigenvalue weighted by atomic mass is 9.92. The Kier molecular flexibility index (Phi) is 7.11. The van der Waals surface area contributed by atoms with Gasteiger partial charge in [0, 0.05) is 32.6 Å². The summed E-state index contributed by atoms with van der Waals surface area (Å²) in [6, 6.07) is 1.65. The second kappa shape index (κ2) is 9.39. The molecule has 2 aliphatic heterocycles. The lowest BCUT2D eigenvalue weighted by Gasteiger charge is -2.39. The van der Waals surface area contributed by atoms with E-state index in [9.17, 15) is 14.7 Å². The van der Waals surface area contributed by atoms with Gasteiger partial charge in [0.15, 0.2) is 0 Å². The van der Waals surface area contributed by atoms with Gasteiger partial charge in [0.2, 0.25) is 5.91 Å². The number of hydrogen-bond acceptors (Lipinski definition) is 5. The highest BCUT2D eigenvalue weighted by Crippen LogP contribution is 2.25. The van der Waals surface area contributed by atoms with Crippen molar-refractivity contribution in [2.45, 2.75) is 70.9 Å². The molecule has 0 saturated carbocycles. The SMILES string of the molecule is CC(=O)N1CCCCC(O)(CN2CCC(Cn3cnc(C(C)C)cc3=O)CC2)C1. The first-order valence-corrected chi connectivity index (χ1v) is 11.0. The Morgan fingerprint density at radius 1 is 1.28 bits per heavy atom. The number of β-amino-alcohol motifs (C(OH)–C–C–N with tert-alkyl or cyclic N) is 1. The van der Waals surface area contributed by atoms with E-state index in [2.05, 4.69) is 9.88 Å². The molecule has 1 N–H and O–H groups in total. The molecule has 1 atom stereocenters. The Morgan fingerprint density at radius 3 is 2.62 bits per heavy atom. The summed E-state index contributed by atoms with van der Waals surface area (Å²) in [4.78, 5) is 32.7. The summed E-state index contributed by atoms with van der Waals surface area (Å²) in [5.41, 5.74) is 0.0586. The fraction of sp³-hybridized carbons (Fsp3) is 0.773. The Hall–Kier alpha value is -1.73. The molecule has 3 heterocycles. The molecule has 3 rings (SSSR count). The van der Waals surface area contributed by atoms with Gasteiger partial charge in [0.1, 0.15) is 0 Å². The molecule has 0 aromatic carbocycles. The molecule has 7 nitrogen and oxygen atoms in total. The molecule has 7 heteroatoms. The minimum Gasteiger partial charge on any atom is -0.387 e. The van der Waals surface area contributed by atoms with Crippen LogP contribution in [0.1, 0.15) is 64.5 Å². The molecular formula is C22H36N4O3. The summed E-state index contributed by atoms with van der Waals surface area (Å²) in [7, 11) is 0. The maximum Gasteiger partial charge on any atom is 0.253 e. The molecule has 1 unspecified atom stereocenters. The number of nitrogens with zero attached hydrogens (tertiary/aromatic N) is 4. The number of aliphatic hydroxyl groups is 1. The Balaban J connectivity index is 1.52. The number of rotatable bonds is 5. The zero-order valence-corrected chi connectivity index (χ0v) is 18.1. The first-order chi connectivity index (χ1) is 13.8. The number of amides is 1. The van der Waals surface area contributed by atoms with Crippen molar-refractivity contribution in [1.29, 1.82) is 0 Å². The van der Waals surface area contributed by atoms with E-state index in [0.29, 0.717) is 25.6 Å². The molecule has 1 amide bonds. The molecule has 162 valence electrons. The van der Waals surface area contributed by atoms with Gasteiger partial charge in [-0.15, -0.1) is 0 Å². The summed E-state index contributed by atoms with van der Waals surface area (Å²) < 4.78 is 1.73. The van der Waals surface area contributed by atoms with E-state index in [1.165, 1.54) is 0 Å². The van der Waals surface area contributed by atoms with Gasteiger partial charge in [-0.25, -0.2) is 4.98 Å². The van der Waals surface area contributed by atoms with Crippen molar-refractivity contribution >= 4 is 5.91 Å². The highest BCUT2D eigenvalue weighted by Gasteiger charge is 2.35. The molecule has 2 saturated heterocycles. The number of piperidine rings is 1. The van der Waals surface area contributed by atoms with Crippen LogP contribution in [-0.2, 0) is 11.3 Å². The van der Waals surface area contributed by atoms with Gasteiger partial charge in [-0.1, -0.05) is 13.8 Å². The van der Waals surface area contributed by atoms with E-state index >= 15 is 0 Å². The highest BCUT2D eigenvalue weighted by molar-refractivity contribution is 5.73. The normalized spacial score (nSPS) is 24.7. The number of aromatic nitrogens is 2. The van der Waals surface area contributed by atoms with E-state index in [4.69, 9.17) is 0 Å². The van der Waals surface area contributed by atoms with Crippen LogP contribution in [0.2, 0.25) is 0 Å². The van der Waals surface area contributed by atoms with Crippen LogP contribution in [-0.4, -0.2) is 68.7 Å². The molecule has 0 bridgehead atoms. The lowest BCUT2D eigenvalue weighted by molar-refractivity contribution is -0.132. The minimum absolute atomic E-state index is 0.0308. The maximum atomic E-state index is 12.4. The second-order valence-electron chi connectivity index (χ2n) is 9.30. The van der Waals surface area contributed by atoms with Crippen LogP contribution in [0.25, 0.3) is 0 Å². The summed E-state index contributed by atoms with van der Waals surface area (Å²) in [5, 5.41) is 11.1. The highest BCUT2D eigenvalue weighted by atomic mass is 16.3. The van der Waals surface area contributed by atoms with E-state index < -0.39 is 5.60 Å². The smallest absolute Gasteiger partial charge is 0.253 e. The quantitative estimate of drug-likeness (QED) is 0.810. The van der Waals surface area contributed by atoms with Crippen LogP contribution < -0.4 is 5.56 Å². The third-order valence-electron chi connectivity index (χ3n) is 6.42. The topological polar surface area (TPSA) is 78.7 Å². The van der Waals surface area contributed by atoms with Crippen molar-refractivity contribution in [3.05, 3.63) is 28.4 Å². The average Bonchev–Trinajstić information content (AvgIpc) is 2.86. The van der Waals surface area contributed by atoms with Gasteiger partial charge in [0.05, 0.1) is 24.2 Å². The molecular weight excluding hydrogens is 368 g/mol. The predicted molar refractivity (Wildman–Crippen MR) is 113 cm³/mol.